The lowest BCUT2D eigenvalue weighted by molar-refractivity contribution is 0.101. The van der Waals surface area contributed by atoms with Crippen LogP contribution in [0.25, 0.3) is 0 Å². The molecule has 2 unspecified atom stereocenters. The summed E-state index contributed by atoms with van der Waals surface area (Å²) in [6.45, 7) is 5.93. The molecule has 0 aromatic rings. The third-order valence-corrected chi connectivity index (χ3v) is 3.58. The molecule has 2 atom stereocenters. The topological polar surface area (TPSA) is 27.0 Å². The first-order valence-electron chi connectivity index (χ1n) is 6.38. The summed E-state index contributed by atoms with van der Waals surface area (Å²) in [6.07, 6.45) is 8.40. The normalized spacial score (nSPS) is 27.5. The second kappa shape index (κ2) is 6.85. The molecular weight excluding hydrogens is 184 g/mol. The van der Waals surface area contributed by atoms with Crippen LogP contribution >= 0.6 is 0 Å². The van der Waals surface area contributed by atoms with Gasteiger partial charge in [-0.1, -0.05) is 12.8 Å². The summed E-state index contributed by atoms with van der Waals surface area (Å²) in [5, 5.41) is 8.44. The van der Waals surface area contributed by atoms with E-state index < -0.39 is 0 Å². The second-order valence-electron chi connectivity index (χ2n) is 4.84. The number of nitriles is 1. The number of rotatable bonds is 5. The van der Waals surface area contributed by atoms with E-state index in [0.717, 1.165) is 24.9 Å². The van der Waals surface area contributed by atoms with Gasteiger partial charge in [0.05, 0.1) is 6.07 Å². The van der Waals surface area contributed by atoms with Gasteiger partial charge >= 0.3 is 0 Å². The molecule has 2 nitrogen and oxygen atoms in total. The van der Waals surface area contributed by atoms with Gasteiger partial charge in [0.25, 0.3) is 0 Å². The molecular formula is C13H24N2. The summed E-state index contributed by atoms with van der Waals surface area (Å²) in [5.74, 6) is 0. The Bertz CT molecular complexity index is 197. The predicted octanol–water partition coefficient (Wildman–Crippen LogP) is 3.33. The van der Waals surface area contributed by atoms with Crippen LogP contribution in [0.4, 0.5) is 0 Å². The molecule has 15 heavy (non-hydrogen) atoms. The predicted molar refractivity (Wildman–Crippen MR) is 63.6 cm³/mol. The van der Waals surface area contributed by atoms with Crippen molar-refractivity contribution in [1.29, 1.82) is 5.26 Å². The molecule has 0 aliphatic carbocycles. The number of hydrogen-bond acceptors (Lipinski definition) is 2. The Hall–Kier alpha value is -0.550. The molecule has 1 rings (SSSR count). The molecule has 1 fully saturated rings. The van der Waals surface area contributed by atoms with Crippen molar-refractivity contribution in [2.24, 2.45) is 0 Å². The molecule has 0 aromatic heterocycles. The van der Waals surface area contributed by atoms with E-state index in [4.69, 9.17) is 5.26 Å². The van der Waals surface area contributed by atoms with Crippen LogP contribution in [0, 0.1) is 11.3 Å². The lowest BCUT2D eigenvalue weighted by Gasteiger charge is -2.39. The highest BCUT2D eigenvalue weighted by atomic mass is 15.2. The first-order valence-corrected chi connectivity index (χ1v) is 6.38. The molecule has 86 valence electrons. The Morgan fingerprint density at radius 3 is 2.40 bits per heavy atom. The molecule has 0 N–H and O–H groups in total. The van der Waals surface area contributed by atoms with Crippen molar-refractivity contribution in [3.8, 4) is 6.07 Å². The van der Waals surface area contributed by atoms with Gasteiger partial charge in [-0.15, -0.1) is 0 Å². The van der Waals surface area contributed by atoms with Crippen LogP contribution in [0.15, 0.2) is 0 Å². The molecule has 0 spiro atoms. The van der Waals surface area contributed by atoms with Gasteiger partial charge in [0.1, 0.15) is 0 Å². The fraction of sp³-hybridized carbons (Fsp3) is 0.923. The van der Waals surface area contributed by atoms with Gasteiger partial charge in [0.15, 0.2) is 0 Å². The van der Waals surface area contributed by atoms with E-state index in [1.807, 2.05) is 0 Å². The molecule has 0 bridgehead atoms. The Morgan fingerprint density at radius 1 is 1.13 bits per heavy atom. The van der Waals surface area contributed by atoms with Crippen molar-refractivity contribution in [3.63, 3.8) is 0 Å². The molecule has 0 amide bonds. The monoisotopic (exact) mass is 208 g/mol. The van der Waals surface area contributed by atoms with Gasteiger partial charge in [-0.05, 0) is 46.1 Å². The van der Waals surface area contributed by atoms with Crippen molar-refractivity contribution in [2.45, 2.75) is 70.9 Å². The summed E-state index contributed by atoms with van der Waals surface area (Å²) in [5.41, 5.74) is 0. The van der Waals surface area contributed by atoms with Crippen LogP contribution in [-0.2, 0) is 0 Å². The zero-order valence-electron chi connectivity index (χ0n) is 10.2. The molecule has 0 radical (unpaired) electrons. The highest BCUT2D eigenvalue weighted by Gasteiger charge is 2.23. The fourth-order valence-corrected chi connectivity index (χ4v) is 2.59. The first kappa shape index (κ1) is 12.5. The molecule has 1 aliphatic heterocycles. The van der Waals surface area contributed by atoms with Crippen LogP contribution in [0.5, 0.6) is 0 Å². The quantitative estimate of drug-likeness (QED) is 0.648. The Morgan fingerprint density at radius 2 is 1.80 bits per heavy atom. The van der Waals surface area contributed by atoms with Crippen LogP contribution in [0.1, 0.15) is 58.8 Å². The van der Waals surface area contributed by atoms with E-state index in [0.29, 0.717) is 0 Å². The molecule has 2 heteroatoms. The Balaban J connectivity index is 2.15. The zero-order valence-corrected chi connectivity index (χ0v) is 10.2. The van der Waals surface area contributed by atoms with Gasteiger partial charge in [-0.25, -0.2) is 0 Å². The standard InChI is InChI=1S/C13H24N2/c1-12-8-7-9-13(2)15(12)11-6-4-3-5-10-14/h12-13H,3-9,11H2,1-2H3. The van der Waals surface area contributed by atoms with Gasteiger partial charge in [0.2, 0.25) is 0 Å². The molecule has 0 aromatic carbocycles. The largest absolute Gasteiger partial charge is 0.298 e. The summed E-state index contributed by atoms with van der Waals surface area (Å²) in [7, 11) is 0. The lowest BCUT2D eigenvalue weighted by atomic mass is 9.97. The summed E-state index contributed by atoms with van der Waals surface area (Å²) < 4.78 is 0. The van der Waals surface area contributed by atoms with Crippen LogP contribution in [0.2, 0.25) is 0 Å². The number of piperidine rings is 1. The number of hydrogen-bond donors (Lipinski definition) is 0. The molecule has 1 aliphatic rings. The average molecular weight is 208 g/mol. The number of unbranched alkanes of at least 4 members (excludes halogenated alkanes) is 3. The van der Waals surface area contributed by atoms with Crippen molar-refractivity contribution < 1.29 is 0 Å². The fourth-order valence-electron chi connectivity index (χ4n) is 2.59. The highest BCUT2D eigenvalue weighted by molar-refractivity contribution is 4.79. The van der Waals surface area contributed by atoms with Crippen LogP contribution in [-0.4, -0.2) is 23.5 Å². The number of likely N-dealkylation sites (tertiary alicyclic amines) is 1. The van der Waals surface area contributed by atoms with Gasteiger partial charge in [-0.3, -0.25) is 4.90 Å². The van der Waals surface area contributed by atoms with Crippen molar-refractivity contribution >= 4 is 0 Å². The van der Waals surface area contributed by atoms with Gasteiger partial charge in [-0.2, -0.15) is 5.26 Å². The maximum Gasteiger partial charge on any atom is 0.0621 e. The molecule has 1 heterocycles. The Kier molecular flexibility index (Phi) is 5.71. The third kappa shape index (κ3) is 4.22. The van der Waals surface area contributed by atoms with E-state index in [9.17, 15) is 0 Å². The minimum atomic E-state index is 0.727. The maximum atomic E-state index is 8.44. The van der Waals surface area contributed by atoms with E-state index in [1.165, 1.54) is 38.6 Å². The van der Waals surface area contributed by atoms with E-state index in [1.54, 1.807) is 0 Å². The van der Waals surface area contributed by atoms with E-state index in [2.05, 4.69) is 24.8 Å². The van der Waals surface area contributed by atoms with E-state index in [-0.39, 0.29) is 0 Å². The van der Waals surface area contributed by atoms with Crippen LogP contribution < -0.4 is 0 Å². The van der Waals surface area contributed by atoms with Crippen molar-refractivity contribution in [1.82, 2.24) is 4.90 Å². The summed E-state index contributed by atoms with van der Waals surface area (Å²) in [6, 6.07) is 3.75. The van der Waals surface area contributed by atoms with Gasteiger partial charge < -0.3 is 0 Å². The smallest absolute Gasteiger partial charge is 0.0621 e. The molecule has 0 saturated carbocycles. The lowest BCUT2D eigenvalue weighted by Crippen LogP contribution is -2.44. The Labute approximate surface area is 94.3 Å². The van der Waals surface area contributed by atoms with Crippen LogP contribution in [0.3, 0.4) is 0 Å². The second-order valence-corrected chi connectivity index (χ2v) is 4.84. The summed E-state index contributed by atoms with van der Waals surface area (Å²) in [4.78, 5) is 2.65. The highest BCUT2D eigenvalue weighted by Crippen LogP contribution is 2.22. The third-order valence-electron chi connectivity index (χ3n) is 3.58. The minimum absolute atomic E-state index is 0.727. The zero-order chi connectivity index (χ0) is 11.1. The first-order chi connectivity index (χ1) is 7.25. The maximum absolute atomic E-state index is 8.44. The van der Waals surface area contributed by atoms with Crippen molar-refractivity contribution in [2.75, 3.05) is 6.54 Å². The van der Waals surface area contributed by atoms with Crippen molar-refractivity contribution in [3.05, 3.63) is 0 Å². The minimum Gasteiger partial charge on any atom is -0.298 e. The molecule has 1 saturated heterocycles. The summed E-state index contributed by atoms with van der Waals surface area (Å²) >= 11 is 0. The number of nitrogens with zero attached hydrogens (tertiary/aromatic N) is 2. The van der Waals surface area contributed by atoms with E-state index >= 15 is 0 Å². The SMILES string of the molecule is CC1CCCC(C)N1CCCCCC#N. The average Bonchev–Trinajstić information content (AvgIpc) is 2.21. The van der Waals surface area contributed by atoms with Gasteiger partial charge in [0, 0.05) is 18.5 Å².